The molecule has 2 aromatic carbocycles. The molecule has 0 N–H and O–H groups in total. The van der Waals surface area contributed by atoms with Crippen molar-refractivity contribution in [3.8, 4) is 0 Å². The van der Waals surface area contributed by atoms with E-state index in [0.29, 0.717) is 28.8 Å². The smallest absolute Gasteiger partial charge is 0.269 e. The van der Waals surface area contributed by atoms with Gasteiger partial charge in [0.1, 0.15) is 16.3 Å². The summed E-state index contributed by atoms with van der Waals surface area (Å²) in [5, 5.41) is 8.70. The van der Waals surface area contributed by atoms with Crippen molar-refractivity contribution < 1.29 is 16.8 Å². The van der Waals surface area contributed by atoms with Crippen molar-refractivity contribution in [3.05, 3.63) is 113 Å². The molecule has 0 radical (unpaired) electrons. The van der Waals surface area contributed by atoms with Crippen molar-refractivity contribution in [1.82, 2.24) is 41.9 Å². The predicted octanol–water partition coefficient (Wildman–Crippen LogP) is 8.71. The summed E-state index contributed by atoms with van der Waals surface area (Å²) in [6.45, 7) is 3.86. The van der Waals surface area contributed by atoms with E-state index in [9.17, 15) is 16.8 Å². The maximum absolute atomic E-state index is 13.2. The molecule has 2 fully saturated rings. The average molecular weight is 869 g/mol. The van der Waals surface area contributed by atoms with Crippen LogP contribution in [0.15, 0.2) is 99.8 Å². The summed E-state index contributed by atoms with van der Waals surface area (Å²) in [5.74, 6) is 2.63. The molecule has 0 unspecified atom stereocenters. The fraction of sp³-hybridized carbons (Fsp3) is 0.341. The molecule has 0 spiro atoms. The third kappa shape index (κ3) is 6.64. The van der Waals surface area contributed by atoms with Gasteiger partial charge in [-0.05, 0) is 91.9 Å². The monoisotopic (exact) mass is 867 g/mol. The van der Waals surface area contributed by atoms with Gasteiger partial charge in [-0.15, -0.1) is 10.2 Å². The Hall–Kier alpha value is -4.93. The van der Waals surface area contributed by atoms with E-state index in [4.69, 9.17) is 4.98 Å². The fourth-order valence-corrected chi connectivity index (χ4v) is 11.4. The topological polar surface area (TPSA) is 151 Å². The molecule has 10 rings (SSSR count). The predicted molar refractivity (Wildman–Crippen MR) is 222 cm³/mol. The number of aromatic nitrogens is 9. The van der Waals surface area contributed by atoms with Crippen LogP contribution in [-0.2, 0) is 20.0 Å². The van der Waals surface area contributed by atoms with Crippen LogP contribution in [0.4, 0.5) is 0 Å². The van der Waals surface area contributed by atoms with Gasteiger partial charge in [-0.2, -0.15) is 0 Å². The van der Waals surface area contributed by atoms with Crippen molar-refractivity contribution in [2.45, 2.75) is 99.7 Å². The Morgan fingerprint density at radius 1 is 0.561 bits per heavy atom. The summed E-state index contributed by atoms with van der Waals surface area (Å²) in [7, 11) is -7.46. The van der Waals surface area contributed by atoms with Crippen LogP contribution < -0.4 is 0 Å². The van der Waals surface area contributed by atoms with Crippen molar-refractivity contribution in [2.24, 2.45) is 0 Å². The van der Waals surface area contributed by atoms with Crippen LogP contribution in [0.2, 0.25) is 0 Å². The highest BCUT2D eigenvalue weighted by molar-refractivity contribution is 9.10. The van der Waals surface area contributed by atoms with Crippen molar-refractivity contribution in [2.75, 3.05) is 0 Å². The molecule has 6 heterocycles. The lowest BCUT2D eigenvalue weighted by Crippen LogP contribution is -2.13. The lowest BCUT2D eigenvalue weighted by molar-refractivity contribution is 0.427. The number of nitrogens with zero attached hydrogens (tertiary/aromatic N) is 9. The quantitative estimate of drug-likeness (QED) is 0.160. The second kappa shape index (κ2) is 14.8. The van der Waals surface area contributed by atoms with Crippen LogP contribution in [0.1, 0.15) is 98.8 Å². The number of rotatable bonds is 6. The Kier molecular flexibility index (Phi) is 9.76. The molecule has 0 amide bonds. The minimum atomic E-state index is -3.73. The molecule has 294 valence electrons. The molecule has 0 atom stereocenters. The molecule has 2 aliphatic rings. The summed E-state index contributed by atoms with van der Waals surface area (Å²) in [6.07, 6.45) is 18.2. The Labute approximate surface area is 339 Å². The number of benzene rings is 2. The minimum Gasteiger partial charge on any atom is -0.290 e. The molecule has 8 aromatic rings. The SMILES string of the molecule is Cc1ccc(S(=O)(=O)n2ccc3c2ncc2c(Br)nc(C4CCCCC4)n23)cc1.Cc1ccc(S(=O)(=O)n2ccc3c2ncc2nnc(C4CCCCC4)n23)cc1. The summed E-state index contributed by atoms with van der Waals surface area (Å²) in [6, 6.07) is 17.3. The van der Waals surface area contributed by atoms with E-state index in [2.05, 4.69) is 40.5 Å². The molecular formula is C41H42BrN9O4S2. The molecule has 0 bridgehead atoms. The van der Waals surface area contributed by atoms with Crippen molar-refractivity contribution >= 4 is 69.5 Å². The van der Waals surface area contributed by atoms with Crippen LogP contribution in [0.25, 0.3) is 33.5 Å². The molecule has 16 heteroatoms. The lowest BCUT2D eigenvalue weighted by Gasteiger charge is -2.20. The number of imidazole rings is 1. The molecule has 13 nitrogen and oxygen atoms in total. The number of hydrogen-bond donors (Lipinski definition) is 0. The first-order valence-electron chi connectivity index (χ1n) is 19.4. The normalized spacial score (nSPS) is 16.1. The first-order chi connectivity index (χ1) is 27.5. The molecule has 6 aromatic heterocycles. The maximum Gasteiger partial charge on any atom is 0.269 e. The Morgan fingerprint density at radius 3 is 1.56 bits per heavy atom. The molecule has 57 heavy (non-hydrogen) atoms. The molecule has 2 aliphatic carbocycles. The number of aryl methyl sites for hydroxylation is 2. The number of hydrogen-bond acceptors (Lipinski definition) is 9. The zero-order chi connectivity index (χ0) is 39.5. The van der Waals surface area contributed by atoms with E-state index in [0.717, 1.165) is 69.6 Å². The van der Waals surface area contributed by atoms with Crippen LogP contribution in [0, 0.1) is 13.8 Å². The highest BCUT2D eigenvalue weighted by Crippen LogP contribution is 2.37. The third-order valence-corrected chi connectivity index (χ3v) is 15.4. The molecule has 0 aliphatic heterocycles. The van der Waals surface area contributed by atoms with Gasteiger partial charge in [0.15, 0.2) is 16.9 Å². The van der Waals surface area contributed by atoms with Crippen molar-refractivity contribution in [3.63, 3.8) is 0 Å². The summed E-state index contributed by atoms with van der Waals surface area (Å²) >= 11 is 3.56. The van der Waals surface area contributed by atoms with Gasteiger partial charge >= 0.3 is 0 Å². The van der Waals surface area contributed by atoms with E-state index >= 15 is 0 Å². The van der Waals surface area contributed by atoms with Crippen LogP contribution >= 0.6 is 15.9 Å². The summed E-state index contributed by atoms with van der Waals surface area (Å²) < 4.78 is 60.1. The Bertz CT molecular complexity index is 2990. The standard InChI is InChI=1S/C21H21BrN4O2S.C20H21N5O2S/c1-14-7-9-16(10-8-14)29(27,28)25-12-11-17-21(25)23-13-18-19(22)24-20(26(17)18)15-5-3-2-4-6-15;1-14-7-9-16(10-8-14)28(26,27)24-12-11-17-20(24)21-13-18-22-23-19(25(17)18)15-5-3-2-4-6-15/h7-13,15H,2-6H2,1H3;7-13,15H,2-6H2,1H3. The molecular weight excluding hydrogens is 827 g/mol. The Morgan fingerprint density at radius 2 is 1.04 bits per heavy atom. The molecule has 0 saturated heterocycles. The van der Waals surface area contributed by atoms with E-state index in [1.165, 1.54) is 46.5 Å². The zero-order valence-electron chi connectivity index (χ0n) is 31.7. The maximum atomic E-state index is 13.2. The van der Waals surface area contributed by atoms with E-state index < -0.39 is 20.0 Å². The second-order valence-corrected chi connectivity index (χ2v) is 19.6. The van der Waals surface area contributed by atoms with Crippen LogP contribution in [-0.4, -0.2) is 58.7 Å². The number of halogens is 1. The first kappa shape index (κ1) is 37.6. The van der Waals surface area contributed by atoms with E-state index in [1.54, 1.807) is 79.4 Å². The van der Waals surface area contributed by atoms with Gasteiger partial charge in [-0.1, -0.05) is 73.9 Å². The van der Waals surface area contributed by atoms with Gasteiger partial charge in [0, 0.05) is 24.2 Å². The van der Waals surface area contributed by atoms with Gasteiger partial charge in [-0.3, -0.25) is 8.80 Å². The lowest BCUT2D eigenvalue weighted by atomic mass is 9.89. The highest BCUT2D eigenvalue weighted by atomic mass is 79.9. The number of fused-ring (bicyclic) bond motifs is 6. The first-order valence-corrected chi connectivity index (χ1v) is 23.1. The van der Waals surface area contributed by atoms with Gasteiger partial charge in [-0.25, -0.2) is 39.7 Å². The van der Waals surface area contributed by atoms with Crippen LogP contribution in [0.5, 0.6) is 0 Å². The summed E-state index contributed by atoms with van der Waals surface area (Å²) in [5.41, 5.74) is 5.84. The van der Waals surface area contributed by atoms with Gasteiger partial charge < -0.3 is 0 Å². The van der Waals surface area contributed by atoms with E-state index in [-0.39, 0.29) is 9.79 Å². The fourth-order valence-electron chi connectivity index (χ4n) is 8.35. The van der Waals surface area contributed by atoms with E-state index in [1.807, 2.05) is 24.3 Å². The molecule has 2 saturated carbocycles. The zero-order valence-corrected chi connectivity index (χ0v) is 34.9. The highest BCUT2D eigenvalue weighted by Gasteiger charge is 2.27. The second-order valence-electron chi connectivity index (χ2n) is 15.2. The largest absolute Gasteiger partial charge is 0.290 e. The summed E-state index contributed by atoms with van der Waals surface area (Å²) in [4.78, 5) is 14.2. The van der Waals surface area contributed by atoms with Gasteiger partial charge in [0.2, 0.25) is 0 Å². The Balaban J connectivity index is 0.000000148. The van der Waals surface area contributed by atoms with Gasteiger partial charge in [0.05, 0.1) is 38.7 Å². The average Bonchev–Trinajstić information content (AvgIpc) is 4.03. The third-order valence-electron chi connectivity index (χ3n) is 11.4. The minimum absolute atomic E-state index is 0.244. The van der Waals surface area contributed by atoms with Gasteiger partial charge in [0.25, 0.3) is 20.0 Å². The van der Waals surface area contributed by atoms with Crippen molar-refractivity contribution in [1.29, 1.82) is 0 Å². The van der Waals surface area contributed by atoms with Crippen LogP contribution in [0.3, 0.4) is 0 Å².